The smallest absolute Gasteiger partial charge is 0.253 e. The predicted octanol–water partition coefficient (Wildman–Crippen LogP) is 1.31. The quantitative estimate of drug-likeness (QED) is 0.739. The van der Waals surface area contributed by atoms with E-state index >= 15 is 0 Å². The Kier molecular flexibility index (Phi) is 2.88. The molecule has 0 bridgehead atoms. The van der Waals surface area contributed by atoms with Crippen molar-refractivity contribution in [2.45, 2.75) is 46.2 Å². The van der Waals surface area contributed by atoms with Gasteiger partial charge in [0.2, 0.25) is 0 Å². The van der Waals surface area contributed by atoms with Crippen LogP contribution in [0.2, 0.25) is 0 Å². The van der Waals surface area contributed by atoms with Gasteiger partial charge in [0.25, 0.3) is 10.9 Å². The van der Waals surface area contributed by atoms with E-state index in [0.717, 1.165) is 0 Å². The Morgan fingerprint density at radius 2 is 1.47 bits per heavy atom. The Hall–Kier alpha value is -1.32. The van der Waals surface area contributed by atoms with Crippen LogP contribution in [-0.4, -0.2) is 11.6 Å². The molecule has 0 fully saturated rings. The van der Waals surface area contributed by atoms with Gasteiger partial charge in [0, 0.05) is 11.6 Å². The van der Waals surface area contributed by atoms with Crippen molar-refractivity contribution < 1.29 is 0 Å². The molecule has 0 aliphatic rings. The van der Waals surface area contributed by atoms with Crippen LogP contribution in [0.4, 0.5) is 11.4 Å². The van der Waals surface area contributed by atoms with Crippen LogP contribution >= 0.6 is 0 Å². The summed E-state index contributed by atoms with van der Waals surface area (Å²) in [5.41, 5.74) is -0.218. The summed E-state index contributed by atoms with van der Waals surface area (Å²) in [5.74, 6) is 0. The third-order valence-electron chi connectivity index (χ3n) is 1.84. The van der Waals surface area contributed by atoms with E-state index in [0.29, 0.717) is 11.4 Å². The zero-order chi connectivity index (χ0) is 11.8. The summed E-state index contributed by atoms with van der Waals surface area (Å²) >= 11 is 0. The summed E-state index contributed by atoms with van der Waals surface area (Å²) in [6, 6.07) is 0.147. The standard InChI is InChI=1S/C11H18N2O2/c1-6(2)12-7-8(10(15)9(7)14)13-11(3,4)5/h6,12-13H,1-5H3. The SMILES string of the molecule is CC(C)Nc1c(NC(C)(C)C)c(=O)c1=O. The maximum Gasteiger partial charge on any atom is 0.253 e. The van der Waals surface area contributed by atoms with Crippen LogP contribution in [0.25, 0.3) is 0 Å². The monoisotopic (exact) mass is 210 g/mol. The molecule has 0 aliphatic heterocycles. The van der Waals surface area contributed by atoms with Crippen LogP contribution in [-0.2, 0) is 0 Å². The van der Waals surface area contributed by atoms with Crippen molar-refractivity contribution in [2.24, 2.45) is 0 Å². The molecule has 1 rings (SSSR count). The summed E-state index contributed by atoms with van der Waals surface area (Å²) in [7, 11) is 0. The molecule has 0 atom stereocenters. The fourth-order valence-electron chi connectivity index (χ4n) is 1.31. The molecule has 0 spiro atoms. The lowest BCUT2D eigenvalue weighted by Crippen LogP contribution is -2.42. The van der Waals surface area contributed by atoms with Gasteiger partial charge in [-0.05, 0) is 34.6 Å². The highest BCUT2D eigenvalue weighted by atomic mass is 16.2. The average Bonchev–Trinajstić information content (AvgIpc) is 2.08. The first-order valence-corrected chi connectivity index (χ1v) is 5.10. The van der Waals surface area contributed by atoms with Crippen LogP contribution in [0.15, 0.2) is 9.59 Å². The number of hydrogen-bond acceptors (Lipinski definition) is 4. The van der Waals surface area contributed by atoms with Crippen molar-refractivity contribution in [2.75, 3.05) is 10.6 Å². The van der Waals surface area contributed by atoms with E-state index < -0.39 is 10.9 Å². The minimum absolute atomic E-state index is 0.147. The lowest BCUT2D eigenvalue weighted by Gasteiger charge is -2.25. The van der Waals surface area contributed by atoms with Crippen molar-refractivity contribution in [3.8, 4) is 0 Å². The molecule has 0 heterocycles. The molecule has 4 heteroatoms. The zero-order valence-electron chi connectivity index (χ0n) is 9.89. The summed E-state index contributed by atoms with van der Waals surface area (Å²) in [6.45, 7) is 9.70. The number of rotatable bonds is 3. The van der Waals surface area contributed by atoms with Crippen molar-refractivity contribution >= 4 is 11.4 Å². The van der Waals surface area contributed by atoms with E-state index in [-0.39, 0.29) is 11.6 Å². The minimum Gasteiger partial charge on any atom is -0.378 e. The molecule has 84 valence electrons. The first-order valence-electron chi connectivity index (χ1n) is 5.10. The molecule has 0 unspecified atom stereocenters. The van der Waals surface area contributed by atoms with Gasteiger partial charge in [-0.3, -0.25) is 9.59 Å². The molecule has 0 aliphatic carbocycles. The molecule has 0 amide bonds. The largest absolute Gasteiger partial charge is 0.378 e. The summed E-state index contributed by atoms with van der Waals surface area (Å²) in [4.78, 5) is 22.6. The second kappa shape index (κ2) is 3.68. The van der Waals surface area contributed by atoms with Crippen molar-refractivity contribution in [3.05, 3.63) is 20.4 Å². The molecule has 15 heavy (non-hydrogen) atoms. The lowest BCUT2D eigenvalue weighted by atomic mass is 10.1. The fourth-order valence-corrected chi connectivity index (χ4v) is 1.31. The highest BCUT2D eigenvalue weighted by Gasteiger charge is 2.24. The number of nitrogens with one attached hydrogen (secondary N) is 2. The van der Waals surface area contributed by atoms with Crippen LogP contribution in [0.5, 0.6) is 0 Å². The van der Waals surface area contributed by atoms with E-state index in [1.165, 1.54) is 0 Å². The Balaban J connectivity index is 2.95. The Morgan fingerprint density at radius 3 is 1.87 bits per heavy atom. The topological polar surface area (TPSA) is 58.2 Å². The van der Waals surface area contributed by atoms with Gasteiger partial charge < -0.3 is 10.6 Å². The van der Waals surface area contributed by atoms with Crippen LogP contribution in [0, 0.1) is 0 Å². The second-order valence-electron chi connectivity index (χ2n) is 5.08. The van der Waals surface area contributed by atoms with Gasteiger partial charge in [0.1, 0.15) is 11.4 Å². The summed E-state index contributed by atoms with van der Waals surface area (Å²) in [6.07, 6.45) is 0. The minimum atomic E-state index is -0.423. The Bertz CT molecular complexity index is 420. The van der Waals surface area contributed by atoms with Crippen LogP contribution in [0.3, 0.4) is 0 Å². The summed E-state index contributed by atoms with van der Waals surface area (Å²) < 4.78 is 0. The van der Waals surface area contributed by atoms with E-state index in [2.05, 4.69) is 10.6 Å². The zero-order valence-corrected chi connectivity index (χ0v) is 9.89. The number of anilines is 2. The molecule has 0 radical (unpaired) electrons. The molecule has 0 aromatic heterocycles. The summed E-state index contributed by atoms with van der Waals surface area (Å²) in [5, 5.41) is 6.02. The molecular formula is C11H18N2O2. The molecule has 0 saturated carbocycles. The van der Waals surface area contributed by atoms with Gasteiger partial charge in [0.05, 0.1) is 0 Å². The van der Waals surface area contributed by atoms with Gasteiger partial charge in [-0.2, -0.15) is 0 Å². The van der Waals surface area contributed by atoms with Gasteiger partial charge >= 0.3 is 0 Å². The van der Waals surface area contributed by atoms with Crippen molar-refractivity contribution in [3.63, 3.8) is 0 Å². The molecular weight excluding hydrogens is 192 g/mol. The molecule has 2 N–H and O–H groups in total. The molecule has 4 nitrogen and oxygen atoms in total. The first kappa shape index (κ1) is 11.8. The van der Waals surface area contributed by atoms with E-state index in [4.69, 9.17) is 0 Å². The molecule has 1 aromatic rings. The van der Waals surface area contributed by atoms with E-state index in [1.807, 2.05) is 34.6 Å². The highest BCUT2D eigenvalue weighted by molar-refractivity contribution is 5.74. The van der Waals surface area contributed by atoms with E-state index in [9.17, 15) is 9.59 Å². The second-order valence-corrected chi connectivity index (χ2v) is 5.08. The fraction of sp³-hybridized carbons (Fsp3) is 0.636. The number of hydrogen-bond donors (Lipinski definition) is 2. The first-order chi connectivity index (χ1) is 6.72. The van der Waals surface area contributed by atoms with Gasteiger partial charge in [-0.25, -0.2) is 0 Å². The van der Waals surface area contributed by atoms with Crippen molar-refractivity contribution in [1.29, 1.82) is 0 Å². The molecule has 1 aromatic carbocycles. The Morgan fingerprint density at radius 1 is 1.00 bits per heavy atom. The maximum absolute atomic E-state index is 11.3. The normalized spacial score (nSPS) is 12.1. The van der Waals surface area contributed by atoms with E-state index in [1.54, 1.807) is 0 Å². The maximum atomic E-state index is 11.3. The van der Waals surface area contributed by atoms with Gasteiger partial charge in [-0.1, -0.05) is 0 Å². The van der Waals surface area contributed by atoms with Gasteiger partial charge in [0.15, 0.2) is 0 Å². The third-order valence-corrected chi connectivity index (χ3v) is 1.84. The van der Waals surface area contributed by atoms with Gasteiger partial charge in [-0.15, -0.1) is 0 Å². The third kappa shape index (κ3) is 2.58. The van der Waals surface area contributed by atoms with Crippen LogP contribution in [0.1, 0.15) is 34.6 Å². The Labute approximate surface area is 89.4 Å². The molecule has 0 saturated heterocycles. The highest BCUT2D eigenvalue weighted by Crippen LogP contribution is 2.19. The lowest BCUT2D eigenvalue weighted by molar-refractivity contribution is 0.632. The average molecular weight is 210 g/mol. The predicted molar refractivity (Wildman–Crippen MR) is 63.5 cm³/mol. The van der Waals surface area contributed by atoms with Crippen molar-refractivity contribution in [1.82, 2.24) is 0 Å². The van der Waals surface area contributed by atoms with Crippen LogP contribution < -0.4 is 21.5 Å².